The number of rotatable bonds is 18. The lowest BCUT2D eigenvalue weighted by Gasteiger charge is -2.31. The highest BCUT2D eigenvalue weighted by molar-refractivity contribution is 6.06. The molecule has 15 heteroatoms. The predicted molar refractivity (Wildman–Crippen MR) is 204 cm³/mol. The first-order valence-corrected chi connectivity index (χ1v) is 18.4. The molecule has 0 aliphatic carbocycles. The Morgan fingerprint density at radius 3 is 2.34 bits per heavy atom. The average molecular weight is 778 g/mol. The van der Waals surface area contributed by atoms with E-state index in [0.717, 1.165) is 4.90 Å². The van der Waals surface area contributed by atoms with Crippen molar-refractivity contribution in [1.82, 2.24) is 10.2 Å². The Morgan fingerprint density at radius 2 is 1.70 bits per heavy atom. The number of amides is 3. The molecule has 4 atom stereocenters. The number of nitrogens with zero attached hydrogens (tertiary/aromatic N) is 2. The summed E-state index contributed by atoms with van der Waals surface area (Å²) in [5.41, 5.74) is 2.10. The van der Waals surface area contributed by atoms with Crippen molar-refractivity contribution in [3.8, 4) is 11.5 Å². The summed E-state index contributed by atoms with van der Waals surface area (Å²) in [5.74, 6) is -2.47. The summed E-state index contributed by atoms with van der Waals surface area (Å²) < 4.78 is 26.8. The van der Waals surface area contributed by atoms with E-state index in [9.17, 15) is 33.9 Å². The summed E-state index contributed by atoms with van der Waals surface area (Å²) in [7, 11) is 2.70. The molecular formula is C41H51N3O12. The van der Waals surface area contributed by atoms with Crippen LogP contribution in [0.1, 0.15) is 67.9 Å². The Labute approximate surface area is 326 Å². The maximum atomic E-state index is 13.8. The molecule has 0 unspecified atom stereocenters. The molecule has 0 spiro atoms. The third-order valence-electron chi connectivity index (χ3n) is 9.64. The number of hydrogen-bond acceptors (Lipinski definition) is 12. The SMILES string of the molecule is C=CCOC(=O)C[C@H](C(=O)N[C@@H](C)C(=O)Cc1ccc(COC(=O)N2c3cc(OCCCC(=O)OC)c(OC)cc3C(=O)N3CC(=C)C[C@H]3[C@@H]2O)cc1)C(C)C. The molecule has 2 aliphatic rings. The third kappa shape index (κ3) is 10.7. The van der Waals surface area contributed by atoms with Gasteiger partial charge in [0.15, 0.2) is 23.5 Å². The smallest absolute Gasteiger partial charge is 0.416 e. The number of anilines is 1. The van der Waals surface area contributed by atoms with Crippen LogP contribution in [0, 0.1) is 11.8 Å². The van der Waals surface area contributed by atoms with E-state index in [1.165, 1.54) is 37.3 Å². The van der Waals surface area contributed by atoms with E-state index >= 15 is 0 Å². The number of nitrogens with one attached hydrogen (secondary N) is 1. The van der Waals surface area contributed by atoms with Gasteiger partial charge in [0, 0.05) is 25.5 Å². The highest BCUT2D eigenvalue weighted by atomic mass is 16.6. The maximum absolute atomic E-state index is 13.8. The van der Waals surface area contributed by atoms with Crippen molar-refractivity contribution in [1.29, 1.82) is 0 Å². The standard InChI is InChI=1S/C41H51N3O12/c1-8-15-55-37(47)20-29(24(2)3)38(48)42-26(5)33(45)18-27-11-13-28(14-12-27)23-56-41(51)44-31-21-35(54-16-9-10-36(46)53-7)34(52-6)19-30(31)39(49)43-22-25(4)17-32(43)40(44)50/h8,11-14,19,21,24,26,29,32,40,50H,1,4,9-10,15-18,20,22-23H2,2-3,5-7H3,(H,42,48)/t26-,29-,32-,40-/m0/s1. The van der Waals surface area contributed by atoms with Crippen molar-refractivity contribution in [2.45, 2.75) is 77.8 Å². The van der Waals surface area contributed by atoms with Gasteiger partial charge in [0.25, 0.3) is 5.91 Å². The molecule has 1 saturated heterocycles. The van der Waals surface area contributed by atoms with Crippen molar-refractivity contribution < 1.29 is 57.6 Å². The summed E-state index contributed by atoms with van der Waals surface area (Å²) >= 11 is 0. The molecule has 3 amide bonds. The first-order valence-electron chi connectivity index (χ1n) is 18.4. The molecule has 302 valence electrons. The zero-order valence-corrected chi connectivity index (χ0v) is 32.5. The molecule has 2 heterocycles. The molecular weight excluding hydrogens is 726 g/mol. The predicted octanol–water partition coefficient (Wildman–Crippen LogP) is 4.28. The number of fused-ring (bicyclic) bond motifs is 2. The fourth-order valence-corrected chi connectivity index (χ4v) is 6.43. The van der Waals surface area contributed by atoms with Gasteiger partial charge < -0.3 is 39.0 Å². The number of aliphatic hydroxyl groups excluding tert-OH is 1. The maximum Gasteiger partial charge on any atom is 0.416 e. The molecule has 56 heavy (non-hydrogen) atoms. The van der Waals surface area contributed by atoms with Crippen LogP contribution in [0.4, 0.5) is 10.5 Å². The van der Waals surface area contributed by atoms with Crippen molar-refractivity contribution in [2.24, 2.45) is 11.8 Å². The topological polar surface area (TPSA) is 187 Å². The van der Waals surface area contributed by atoms with Gasteiger partial charge >= 0.3 is 18.0 Å². The molecule has 15 nitrogen and oxygen atoms in total. The Balaban J connectivity index is 1.44. The molecule has 0 radical (unpaired) electrons. The van der Waals surface area contributed by atoms with Crippen LogP contribution >= 0.6 is 0 Å². The molecule has 0 saturated carbocycles. The number of carbonyl (C=O) groups excluding carboxylic acids is 6. The van der Waals surface area contributed by atoms with Crippen LogP contribution < -0.4 is 19.7 Å². The van der Waals surface area contributed by atoms with Crippen LogP contribution in [0.25, 0.3) is 0 Å². The van der Waals surface area contributed by atoms with Crippen molar-refractivity contribution in [2.75, 3.05) is 38.9 Å². The van der Waals surface area contributed by atoms with Gasteiger partial charge in [-0.05, 0) is 42.9 Å². The number of hydrogen-bond donors (Lipinski definition) is 2. The summed E-state index contributed by atoms with van der Waals surface area (Å²) in [6.45, 7) is 12.9. The fraction of sp³-hybridized carbons (Fsp3) is 0.463. The highest BCUT2D eigenvalue weighted by Crippen LogP contribution is 2.42. The Hall–Kier alpha value is -5.70. The van der Waals surface area contributed by atoms with Crippen LogP contribution in [-0.4, -0.2) is 97.9 Å². The van der Waals surface area contributed by atoms with Crippen molar-refractivity contribution in [3.05, 3.63) is 77.9 Å². The molecule has 1 fully saturated rings. The van der Waals surface area contributed by atoms with Gasteiger partial charge in [0.05, 0.1) is 56.5 Å². The van der Waals surface area contributed by atoms with Gasteiger partial charge in [0.2, 0.25) is 5.91 Å². The Kier molecular flexibility index (Phi) is 15.2. The van der Waals surface area contributed by atoms with Crippen molar-refractivity contribution >= 4 is 41.3 Å². The van der Waals surface area contributed by atoms with Crippen LogP contribution in [0.2, 0.25) is 0 Å². The summed E-state index contributed by atoms with van der Waals surface area (Å²) in [5, 5.41) is 14.3. The lowest BCUT2D eigenvalue weighted by atomic mass is 9.91. The first-order chi connectivity index (χ1) is 26.7. The lowest BCUT2D eigenvalue weighted by molar-refractivity contribution is -0.146. The molecule has 2 N–H and O–H groups in total. The fourth-order valence-electron chi connectivity index (χ4n) is 6.43. The normalized spacial score (nSPS) is 17.2. The number of aliphatic hydroxyl groups is 1. The Morgan fingerprint density at radius 1 is 1.00 bits per heavy atom. The zero-order valence-electron chi connectivity index (χ0n) is 32.5. The number of methoxy groups -OCH3 is 2. The molecule has 0 aromatic heterocycles. The third-order valence-corrected chi connectivity index (χ3v) is 9.64. The minimum absolute atomic E-state index is 0.0136. The summed E-state index contributed by atoms with van der Waals surface area (Å²) in [6, 6.07) is 8.05. The van der Waals surface area contributed by atoms with Crippen LogP contribution in [-0.2, 0) is 46.4 Å². The highest BCUT2D eigenvalue weighted by Gasteiger charge is 2.46. The van der Waals surface area contributed by atoms with Gasteiger partial charge in [-0.25, -0.2) is 9.69 Å². The zero-order chi connectivity index (χ0) is 41.1. The van der Waals surface area contributed by atoms with E-state index in [1.54, 1.807) is 31.2 Å². The second-order valence-electron chi connectivity index (χ2n) is 14.1. The molecule has 2 aromatic rings. The quantitative estimate of drug-likeness (QED) is 0.0949. The van der Waals surface area contributed by atoms with E-state index < -0.39 is 54.1 Å². The summed E-state index contributed by atoms with van der Waals surface area (Å²) in [4.78, 5) is 79.9. The van der Waals surface area contributed by atoms with Crippen LogP contribution in [0.5, 0.6) is 11.5 Å². The summed E-state index contributed by atoms with van der Waals surface area (Å²) in [6.07, 6.45) is -0.372. The number of ether oxygens (including phenoxy) is 5. The number of esters is 2. The van der Waals surface area contributed by atoms with Gasteiger partial charge in [0.1, 0.15) is 13.2 Å². The monoisotopic (exact) mass is 777 g/mol. The minimum atomic E-state index is -1.50. The van der Waals surface area contributed by atoms with E-state index in [1.807, 2.05) is 13.8 Å². The van der Waals surface area contributed by atoms with E-state index in [2.05, 4.69) is 23.2 Å². The second kappa shape index (κ2) is 19.8. The van der Waals surface area contributed by atoms with Crippen molar-refractivity contribution in [3.63, 3.8) is 0 Å². The van der Waals surface area contributed by atoms with E-state index in [4.69, 9.17) is 18.9 Å². The Bertz CT molecular complexity index is 1810. The van der Waals surface area contributed by atoms with E-state index in [-0.39, 0.29) is 86.5 Å². The second-order valence-corrected chi connectivity index (χ2v) is 14.1. The minimum Gasteiger partial charge on any atom is -0.493 e. The largest absolute Gasteiger partial charge is 0.493 e. The van der Waals surface area contributed by atoms with E-state index in [0.29, 0.717) is 23.1 Å². The van der Waals surface area contributed by atoms with Crippen LogP contribution in [0.3, 0.4) is 0 Å². The molecule has 2 aromatic carbocycles. The number of Topliss-reactive ketones (excluding diaryl/α,β-unsaturated/α-hetero) is 1. The van der Waals surface area contributed by atoms with Gasteiger partial charge in [-0.1, -0.05) is 62.9 Å². The van der Waals surface area contributed by atoms with Gasteiger partial charge in [-0.15, -0.1) is 0 Å². The number of benzene rings is 2. The first kappa shape index (κ1) is 43.0. The number of carbonyl (C=O) groups is 6. The molecule has 2 aliphatic heterocycles. The van der Waals surface area contributed by atoms with Crippen LogP contribution in [0.15, 0.2) is 61.2 Å². The molecule has 0 bridgehead atoms. The van der Waals surface area contributed by atoms with Gasteiger partial charge in [-0.3, -0.25) is 24.0 Å². The lowest BCUT2D eigenvalue weighted by Crippen LogP contribution is -2.50. The number of ketones is 1. The molecule has 4 rings (SSSR count). The average Bonchev–Trinajstić information content (AvgIpc) is 3.55. The van der Waals surface area contributed by atoms with Gasteiger partial charge in [-0.2, -0.15) is 0 Å².